The second-order valence-electron chi connectivity index (χ2n) is 3.08. The van der Waals surface area contributed by atoms with E-state index in [0.29, 0.717) is 24.5 Å². The number of carbonyl (C=O) groups is 1. The zero-order valence-corrected chi connectivity index (χ0v) is 10.9. The lowest BCUT2D eigenvalue weighted by molar-refractivity contribution is -0.120. The normalized spacial score (nSPS) is 10.3. The van der Waals surface area contributed by atoms with Crippen LogP contribution in [0.15, 0.2) is 0 Å². The number of aromatic nitrogens is 2. The summed E-state index contributed by atoms with van der Waals surface area (Å²) in [6.45, 7) is 2.69. The molecule has 3 N–H and O–H groups in total. The summed E-state index contributed by atoms with van der Waals surface area (Å²) in [5.74, 6) is 2.03. The number of amides is 1. The summed E-state index contributed by atoms with van der Waals surface area (Å²) in [6.07, 6.45) is 1.28. The van der Waals surface area contributed by atoms with Gasteiger partial charge in [0, 0.05) is 25.1 Å². The minimum atomic E-state index is 0.0958. The van der Waals surface area contributed by atoms with E-state index in [1.807, 2.05) is 0 Å². The Morgan fingerprint density at radius 1 is 1.56 bits per heavy atom. The van der Waals surface area contributed by atoms with Gasteiger partial charge in [0.1, 0.15) is 5.01 Å². The van der Waals surface area contributed by atoms with Crippen LogP contribution in [-0.4, -0.2) is 34.2 Å². The molecule has 16 heavy (non-hydrogen) atoms. The Bertz CT molecular complexity index is 329. The Kier molecular flexibility index (Phi) is 6.17. The molecule has 90 valence electrons. The molecule has 5 nitrogen and oxygen atoms in total. The lowest BCUT2D eigenvalue weighted by atomic mass is 10.4. The van der Waals surface area contributed by atoms with Gasteiger partial charge in [-0.1, -0.05) is 18.3 Å². The molecule has 1 amide bonds. The third-order valence-corrected chi connectivity index (χ3v) is 3.53. The third kappa shape index (κ3) is 5.32. The second kappa shape index (κ2) is 7.45. The number of anilines is 1. The van der Waals surface area contributed by atoms with Crippen LogP contribution in [0.1, 0.15) is 18.4 Å². The smallest absolute Gasteiger partial charge is 0.220 e. The summed E-state index contributed by atoms with van der Waals surface area (Å²) in [7, 11) is 0. The first-order valence-corrected chi connectivity index (χ1v) is 7.11. The first-order chi connectivity index (χ1) is 7.72. The maximum absolute atomic E-state index is 11.3. The molecule has 0 aliphatic carbocycles. The van der Waals surface area contributed by atoms with Crippen molar-refractivity contribution in [2.75, 3.05) is 23.8 Å². The summed E-state index contributed by atoms with van der Waals surface area (Å²) in [5, 5.41) is 11.8. The molecule has 1 heterocycles. The molecule has 0 atom stereocenters. The monoisotopic (exact) mass is 260 g/mol. The van der Waals surface area contributed by atoms with Crippen LogP contribution in [0.25, 0.3) is 0 Å². The number of carbonyl (C=O) groups excluding carboxylic acids is 1. The highest BCUT2D eigenvalue weighted by atomic mass is 32.2. The van der Waals surface area contributed by atoms with E-state index >= 15 is 0 Å². The van der Waals surface area contributed by atoms with Crippen LogP contribution < -0.4 is 11.1 Å². The number of thioether (sulfide) groups is 1. The Morgan fingerprint density at radius 2 is 2.38 bits per heavy atom. The molecular weight excluding hydrogens is 244 g/mol. The molecule has 1 aromatic rings. The maximum Gasteiger partial charge on any atom is 0.220 e. The van der Waals surface area contributed by atoms with E-state index < -0.39 is 0 Å². The predicted molar refractivity (Wildman–Crippen MR) is 68.7 cm³/mol. The predicted octanol–water partition coefficient (Wildman–Crippen LogP) is 0.922. The second-order valence-corrected chi connectivity index (χ2v) is 5.57. The van der Waals surface area contributed by atoms with Crippen molar-refractivity contribution in [3.05, 3.63) is 5.01 Å². The lowest BCUT2D eigenvalue weighted by Crippen LogP contribution is -2.25. The van der Waals surface area contributed by atoms with Gasteiger partial charge in [-0.15, -0.1) is 10.2 Å². The van der Waals surface area contributed by atoms with Gasteiger partial charge in [-0.3, -0.25) is 4.79 Å². The SMILES string of the molecule is CCSCCC(=O)NCCc1nnc(N)s1. The van der Waals surface area contributed by atoms with Gasteiger partial charge in [-0.05, 0) is 5.75 Å². The van der Waals surface area contributed by atoms with E-state index in [2.05, 4.69) is 22.4 Å². The molecule has 0 spiro atoms. The van der Waals surface area contributed by atoms with E-state index in [9.17, 15) is 4.79 Å². The molecular formula is C9H16N4OS2. The standard InChI is InChI=1S/C9H16N4OS2/c1-2-15-6-4-7(14)11-5-3-8-12-13-9(10)16-8/h2-6H2,1H3,(H2,10,13)(H,11,14). The number of nitrogens with zero attached hydrogens (tertiary/aromatic N) is 2. The highest BCUT2D eigenvalue weighted by molar-refractivity contribution is 7.99. The summed E-state index contributed by atoms with van der Waals surface area (Å²) >= 11 is 3.13. The zero-order chi connectivity index (χ0) is 11.8. The van der Waals surface area contributed by atoms with Crippen LogP contribution in [0.4, 0.5) is 5.13 Å². The number of nitrogens with two attached hydrogens (primary N) is 1. The molecule has 0 saturated heterocycles. The number of hydrogen-bond donors (Lipinski definition) is 2. The van der Waals surface area contributed by atoms with Gasteiger partial charge in [-0.25, -0.2) is 0 Å². The van der Waals surface area contributed by atoms with Crippen molar-refractivity contribution >= 4 is 34.1 Å². The van der Waals surface area contributed by atoms with Gasteiger partial charge in [0.15, 0.2) is 0 Å². The van der Waals surface area contributed by atoms with Crippen molar-refractivity contribution in [2.24, 2.45) is 0 Å². The van der Waals surface area contributed by atoms with Gasteiger partial charge >= 0.3 is 0 Å². The number of rotatable bonds is 7. The van der Waals surface area contributed by atoms with Crippen LogP contribution in [0, 0.1) is 0 Å². The Hall–Kier alpha value is -0.820. The van der Waals surface area contributed by atoms with E-state index in [0.717, 1.165) is 16.5 Å². The topological polar surface area (TPSA) is 80.9 Å². The minimum absolute atomic E-state index is 0.0958. The highest BCUT2D eigenvalue weighted by Gasteiger charge is 2.03. The van der Waals surface area contributed by atoms with Gasteiger partial charge in [-0.2, -0.15) is 11.8 Å². The lowest BCUT2D eigenvalue weighted by Gasteiger charge is -2.02. The molecule has 0 aliphatic rings. The average Bonchev–Trinajstić information content (AvgIpc) is 2.65. The molecule has 0 unspecified atom stereocenters. The van der Waals surface area contributed by atoms with Gasteiger partial charge in [0.05, 0.1) is 0 Å². The highest BCUT2D eigenvalue weighted by Crippen LogP contribution is 2.10. The molecule has 0 saturated carbocycles. The fourth-order valence-electron chi connectivity index (χ4n) is 1.07. The Morgan fingerprint density at radius 3 is 3.00 bits per heavy atom. The molecule has 1 rings (SSSR count). The first kappa shape index (κ1) is 13.2. The fraction of sp³-hybridized carbons (Fsp3) is 0.667. The molecule has 7 heteroatoms. The third-order valence-electron chi connectivity index (χ3n) is 1.82. The van der Waals surface area contributed by atoms with Gasteiger partial charge in [0.25, 0.3) is 0 Å². The molecule has 0 aliphatic heterocycles. The summed E-state index contributed by atoms with van der Waals surface area (Å²) < 4.78 is 0. The summed E-state index contributed by atoms with van der Waals surface area (Å²) in [5.41, 5.74) is 5.45. The number of nitrogen functional groups attached to an aromatic ring is 1. The van der Waals surface area contributed by atoms with E-state index in [1.54, 1.807) is 11.8 Å². The van der Waals surface area contributed by atoms with Crippen LogP contribution in [0.2, 0.25) is 0 Å². The van der Waals surface area contributed by atoms with Crippen molar-refractivity contribution in [3.63, 3.8) is 0 Å². The van der Waals surface area contributed by atoms with Crippen molar-refractivity contribution in [2.45, 2.75) is 19.8 Å². The number of hydrogen-bond acceptors (Lipinski definition) is 6. The summed E-state index contributed by atoms with van der Waals surface area (Å²) in [4.78, 5) is 11.3. The minimum Gasteiger partial charge on any atom is -0.374 e. The van der Waals surface area contributed by atoms with Crippen LogP contribution in [-0.2, 0) is 11.2 Å². The van der Waals surface area contributed by atoms with E-state index in [1.165, 1.54) is 11.3 Å². The molecule has 0 bridgehead atoms. The average molecular weight is 260 g/mol. The fourth-order valence-corrected chi connectivity index (χ4v) is 2.30. The summed E-state index contributed by atoms with van der Waals surface area (Å²) in [6, 6.07) is 0. The van der Waals surface area contributed by atoms with Crippen LogP contribution in [0.5, 0.6) is 0 Å². The number of nitrogens with one attached hydrogen (secondary N) is 1. The Labute approximate surface area is 103 Å². The van der Waals surface area contributed by atoms with Crippen molar-refractivity contribution < 1.29 is 4.79 Å². The molecule has 0 radical (unpaired) electrons. The van der Waals surface area contributed by atoms with Gasteiger partial charge < -0.3 is 11.1 Å². The van der Waals surface area contributed by atoms with E-state index in [-0.39, 0.29) is 5.91 Å². The quantitative estimate of drug-likeness (QED) is 0.713. The van der Waals surface area contributed by atoms with Crippen LogP contribution >= 0.6 is 23.1 Å². The zero-order valence-electron chi connectivity index (χ0n) is 9.23. The largest absolute Gasteiger partial charge is 0.374 e. The molecule has 1 aromatic heterocycles. The Balaban J connectivity index is 2.08. The molecule has 0 fully saturated rings. The molecule has 0 aromatic carbocycles. The van der Waals surface area contributed by atoms with Crippen molar-refractivity contribution in [3.8, 4) is 0 Å². The van der Waals surface area contributed by atoms with Crippen molar-refractivity contribution in [1.82, 2.24) is 15.5 Å². The van der Waals surface area contributed by atoms with Crippen LogP contribution in [0.3, 0.4) is 0 Å². The maximum atomic E-state index is 11.3. The van der Waals surface area contributed by atoms with E-state index in [4.69, 9.17) is 5.73 Å². The first-order valence-electron chi connectivity index (χ1n) is 5.14. The van der Waals surface area contributed by atoms with Gasteiger partial charge in [0.2, 0.25) is 11.0 Å². The van der Waals surface area contributed by atoms with Crippen molar-refractivity contribution in [1.29, 1.82) is 0 Å².